The van der Waals surface area contributed by atoms with Crippen LogP contribution in [0.4, 0.5) is 0 Å². The summed E-state index contributed by atoms with van der Waals surface area (Å²) in [7, 11) is 0. The van der Waals surface area contributed by atoms with Gasteiger partial charge in [0.25, 0.3) is 0 Å². The van der Waals surface area contributed by atoms with Crippen molar-refractivity contribution in [1.82, 2.24) is 10.2 Å². The highest BCUT2D eigenvalue weighted by molar-refractivity contribution is 5.71. The number of aryl methyl sites for hydroxylation is 2. The molecule has 1 heterocycles. The predicted octanol–water partition coefficient (Wildman–Crippen LogP) is 1.16. The van der Waals surface area contributed by atoms with Gasteiger partial charge in [-0.2, -0.15) is 5.10 Å². The lowest BCUT2D eigenvalue weighted by atomic mass is 9.86. The quantitative estimate of drug-likeness (QED) is 0.742. The molecule has 76 valence electrons. The van der Waals surface area contributed by atoms with Crippen molar-refractivity contribution in [3.63, 3.8) is 0 Å². The number of hydrogen-bond acceptors (Lipinski definition) is 2. The molecule has 4 heteroatoms. The molecule has 0 saturated carbocycles. The van der Waals surface area contributed by atoms with E-state index in [0.29, 0.717) is 6.42 Å². The molecule has 2 N–H and O–H groups in total. The lowest BCUT2D eigenvalue weighted by Gasteiger charge is -2.18. The summed E-state index contributed by atoms with van der Waals surface area (Å²) < 4.78 is 0. The van der Waals surface area contributed by atoms with Crippen LogP contribution in [-0.4, -0.2) is 21.3 Å². The monoisotopic (exact) mass is 194 g/mol. The first-order valence-electron chi connectivity index (χ1n) is 5.00. The number of carbonyl (C=O) groups is 1. The molecular weight excluding hydrogens is 180 g/mol. The van der Waals surface area contributed by atoms with Gasteiger partial charge in [0, 0.05) is 5.69 Å². The maximum Gasteiger partial charge on any atom is 0.306 e. The molecule has 0 saturated heterocycles. The van der Waals surface area contributed by atoms with E-state index < -0.39 is 5.97 Å². The molecule has 0 amide bonds. The molecule has 1 unspecified atom stereocenters. The van der Waals surface area contributed by atoms with E-state index in [1.807, 2.05) is 6.92 Å². The van der Waals surface area contributed by atoms with Gasteiger partial charge in [0.2, 0.25) is 0 Å². The van der Waals surface area contributed by atoms with E-state index in [-0.39, 0.29) is 5.92 Å². The number of aromatic nitrogens is 2. The average molecular weight is 194 g/mol. The molecule has 1 aromatic heterocycles. The summed E-state index contributed by atoms with van der Waals surface area (Å²) in [4.78, 5) is 10.9. The molecule has 2 rings (SSSR count). The molecular formula is C10H14N2O2. The first-order chi connectivity index (χ1) is 6.72. The van der Waals surface area contributed by atoms with Crippen LogP contribution in [0, 0.1) is 5.92 Å². The summed E-state index contributed by atoms with van der Waals surface area (Å²) in [5.74, 6) is -0.899. The number of carboxylic acid groups (broad SMARTS) is 1. The fourth-order valence-corrected chi connectivity index (χ4v) is 2.06. The number of H-pyrrole nitrogens is 1. The third kappa shape index (κ3) is 1.41. The van der Waals surface area contributed by atoms with Crippen molar-refractivity contribution in [1.29, 1.82) is 0 Å². The lowest BCUT2D eigenvalue weighted by molar-refractivity contribution is -0.142. The first kappa shape index (κ1) is 9.24. The van der Waals surface area contributed by atoms with Crippen molar-refractivity contribution in [2.45, 2.75) is 32.6 Å². The molecule has 1 aromatic rings. The van der Waals surface area contributed by atoms with Crippen LogP contribution in [0.5, 0.6) is 0 Å². The van der Waals surface area contributed by atoms with Gasteiger partial charge in [-0.05, 0) is 31.2 Å². The Morgan fingerprint density at radius 3 is 3.14 bits per heavy atom. The Labute approximate surface area is 82.3 Å². The van der Waals surface area contributed by atoms with Crippen LogP contribution < -0.4 is 0 Å². The Hall–Kier alpha value is -1.32. The molecule has 0 radical (unpaired) electrons. The SMILES string of the molecule is CCc1n[nH]c2c1CC(C(=O)O)CC2. The molecule has 1 aliphatic carbocycles. The standard InChI is InChI=1S/C10H14N2O2/c1-2-8-7-5-6(10(13)14)3-4-9(7)12-11-8/h6H,2-5H2,1H3,(H,11,12)(H,13,14). The zero-order valence-corrected chi connectivity index (χ0v) is 8.21. The predicted molar refractivity (Wildman–Crippen MR) is 51.1 cm³/mol. The van der Waals surface area contributed by atoms with Crippen LogP contribution in [0.2, 0.25) is 0 Å². The number of hydrogen-bond donors (Lipinski definition) is 2. The largest absolute Gasteiger partial charge is 0.481 e. The summed E-state index contributed by atoms with van der Waals surface area (Å²) in [6, 6.07) is 0. The fraction of sp³-hybridized carbons (Fsp3) is 0.600. The molecule has 1 aliphatic rings. The van der Waals surface area contributed by atoms with E-state index in [0.717, 1.165) is 36.2 Å². The van der Waals surface area contributed by atoms with E-state index >= 15 is 0 Å². The number of fused-ring (bicyclic) bond motifs is 1. The number of aliphatic carboxylic acids is 1. The smallest absolute Gasteiger partial charge is 0.306 e. The second-order valence-corrected chi connectivity index (χ2v) is 3.76. The Morgan fingerprint density at radius 2 is 2.50 bits per heavy atom. The second-order valence-electron chi connectivity index (χ2n) is 3.76. The molecule has 4 nitrogen and oxygen atoms in total. The minimum Gasteiger partial charge on any atom is -0.481 e. The zero-order chi connectivity index (χ0) is 10.1. The van der Waals surface area contributed by atoms with E-state index in [9.17, 15) is 4.79 Å². The molecule has 0 fully saturated rings. The van der Waals surface area contributed by atoms with E-state index in [1.165, 1.54) is 0 Å². The normalized spacial score (nSPS) is 20.5. The summed E-state index contributed by atoms with van der Waals surface area (Å²) in [6.45, 7) is 2.04. The molecule has 14 heavy (non-hydrogen) atoms. The summed E-state index contributed by atoms with van der Waals surface area (Å²) in [5, 5.41) is 16.1. The van der Waals surface area contributed by atoms with Gasteiger partial charge in [0.1, 0.15) is 0 Å². The minimum atomic E-state index is -0.682. The van der Waals surface area contributed by atoms with Crippen LogP contribution in [0.1, 0.15) is 30.3 Å². The van der Waals surface area contributed by atoms with Gasteiger partial charge < -0.3 is 5.11 Å². The Balaban J connectivity index is 2.27. The van der Waals surface area contributed by atoms with Gasteiger partial charge in [-0.3, -0.25) is 9.89 Å². The number of rotatable bonds is 2. The van der Waals surface area contributed by atoms with E-state index in [1.54, 1.807) is 0 Å². The number of nitrogens with zero attached hydrogens (tertiary/aromatic N) is 1. The van der Waals surface area contributed by atoms with Gasteiger partial charge in [-0.1, -0.05) is 6.92 Å². The Kier molecular flexibility index (Phi) is 2.27. The van der Waals surface area contributed by atoms with Crippen LogP contribution >= 0.6 is 0 Å². The van der Waals surface area contributed by atoms with E-state index in [2.05, 4.69) is 10.2 Å². The van der Waals surface area contributed by atoms with Crippen LogP contribution in [0.3, 0.4) is 0 Å². The second kappa shape index (κ2) is 3.44. The maximum atomic E-state index is 10.9. The van der Waals surface area contributed by atoms with Crippen molar-refractivity contribution in [3.8, 4) is 0 Å². The van der Waals surface area contributed by atoms with E-state index in [4.69, 9.17) is 5.11 Å². The molecule has 0 aliphatic heterocycles. The minimum absolute atomic E-state index is 0.217. The third-order valence-electron chi connectivity index (χ3n) is 2.92. The Bertz CT molecular complexity index is 344. The van der Waals surface area contributed by atoms with Crippen LogP contribution in [-0.2, 0) is 24.1 Å². The third-order valence-corrected chi connectivity index (χ3v) is 2.92. The van der Waals surface area contributed by atoms with Gasteiger partial charge >= 0.3 is 5.97 Å². The summed E-state index contributed by atoms with van der Waals surface area (Å²) >= 11 is 0. The number of aromatic amines is 1. The van der Waals surface area contributed by atoms with Gasteiger partial charge in [0.15, 0.2) is 0 Å². The average Bonchev–Trinajstić information content (AvgIpc) is 2.59. The lowest BCUT2D eigenvalue weighted by Crippen LogP contribution is -2.22. The van der Waals surface area contributed by atoms with Crippen molar-refractivity contribution >= 4 is 5.97 Å². The van der Waals surface area contributed by atoms with Gasteiger partial charge in [-0.15, -0.1) is 0 Å². The molecule has 1 atom stereocenters. The van der Waals surface area contributed by atoms with Gasteiger partial charge in [0.05, 0.1) is 11.6 Å². The Morgan fingerprint density at radius 1 is 1.71 bits per heavy atom. The van der Waals surface area contributed by atoms with Gasteiger partial charge in [-0.25, -0.2) is 0 Å². The maximum absolute atomic E-state index is 10.9. The topological polar surface area (TPSA) is 66.0 Å². The number of nitrogens with one attached hydrogen (secondary N) is 1. The molecule has 0 spiro atoms. The zero-order valence-electron chi connectivity index (χ0n) is 8.21. The van der Waals surface area contributed by atoms with Crippen molar-refractivity contribution in [3.05, 3.63) is 17.0 Å². The van der Waals surface area contributed by atoms with Crippen molar-refractivity contribution < 1.29 is 9.90 Å². The number of carboxylic acids is 1. The summed E-state index contributed by atoms with van der Waals surface area (Å²) in [6.07, 6.45) is 3.06. The molecule has 0 aromatic carbocycles. The highest BCUT2D eigenvalue weighted by Crippen LogP contribution is 2.26. The fourth-order valence-electron chi connectivity index (χ4n) is 2.06. The molecule has 0 bridgehead atoms. The first-order valence-corrected chi connectivity index (χ1v) is 5.00. The highest BCUT2D eigenvalue weighted by Gasteiger charge is 2.27. The summed E-state index contributed by atoms with van der Waals surface area (Å²) in [5.41, 5.74) is 3.32. The van der Waals surface area contributed by atoms with Crippen molar-refractivity contribution in [2.24, 2.45) is 5.92 Å². The van der Waals surface area contributed by atoms with Crippen LogP contribution in [0.25, 0.3) is 0 Å². The highest BCUT2D eigenvalue weighted by atomic mass is 16.4. The van der Waals surface area contributed by atoms with Crippen molar-refractivity contribution in [2.75, 3.05) is 0 Å². The van der Waals surface area contributed by atoms with Crippen LogP contribution in [0.15, 0.2) is 0 Å².